The molecular weight excluding hydrogens is 328 g/mol. The molecule has 0 atom stereocenters. The van der Waals surface area contributed by atoms with Crippen molar-refractivity contribution in [2.75, 3.05) is 7.05 Å². The minimum atomic E-state index is -2.19. The molecule has 0 N–H and O–H groups in total. The zero-order valence-corrected chi connectivity index (χ0v) is 12.0. The van der Waals surface area contributed by atoms with Crippen LogP contribution >= 0.6 is 11.9 Å². The lowest BCUT2D eigenvalue weighted by molar-refractivity contribution is 0.359. The zero-order chi connectivity index (χ0) is 16.4. The molecule has 118 valence electrons. The summed E-state index contributed by atoms with van der Waals surface area (Å²) in [5.74, 6) is -10.4. The molecule has 22 heavy (non-hydrogen) atoms. The summed E-state index contributed by atoms with van der Waals surface area (Å²) in [6, 6.07) is 5.30. The van der Waals surface area contributed by atoms with Gasteiger partial charge >= 0.3 is 0 Å². The highest BCUT2D eigenvalue weighted by atomic mass is 32.2. The minimum Gasteiger partial charge on any atom is -0.245 e. The van der Waals surface area contributed by atoms with Gasteiger partial charge in [-0.3, -0.25) is 0 Å². The van der Waals surface area contributed by atoms with E-state index in [2.05, 4.69) is 0 Å². The van der Waals surface area contributed by atoms with Crippen molar-refractivity contribution >= 4 is 11.9 Å². The van der Waals surface area contributed by atoms with Crippen molar-refractivity contribution in [2.24, 2.45) is 0 Å². The lowest BCUT2D eigenvalue weighted by Crippen LogP contribution is -2.12. The van der Waals surface area contributed by atoms with E-state index in [4.69, 9.17) is 0 Å². The second kappa shape index (κ2) is 6.62. The minimum absolute atomic E-state index is 0.116. The predicted octanol–water partition coefficient (Wildman–Crippen LogP) is 4.66. The molecule has 2 rings (SSSR count). The van der Waals surface area contributed by atoms with Crippen molar-refractivity contribution in [3.05, 3.63) is 64.7 Å². The Balaban J connectivity index is 2.21. The fourth-order valence-electron chi connectivity index (χ4n) is 1.70. The lowest BCUT2D eigenvalue weighted by Gasteiger charge is -2.17. The summed E-state index contributed by atoms with van der Waals surface area (Å²) in [4.78, 5) is -0.985. The molecular formula is C14H9F6NS. The summed E-state index contributed by atoms with van der Waals surface area (Å²) in [6.45, 7) is 0.116. The van der Waals surface area contributed by atoms with Crippen LogP contribution in [0.15, 0.2) is 29.2 Å². The summed E-state index contributed by atoms with van der Waals surface area (Å²) < 4.78 is 80.2. The topological polar surface area (TPSA) is 3.24 Å². The van der Waals surface area contributed by atoms with Gasteiger partial charge in [-0.2, -0.15) is 0 Å². The van der Waals surface area contributed by atoms with Crippen LogP contribution in [0.2, 0.25) is 0 Å². The highest BCUT2D eigenvalue weighted by Crippen LogP contribution is 2.32. The molecule has 2 aromatic carbocycles. The van der Waals surface area contributed by atoms with Gasteiger partial charge in [0.05, 0.1) is 0 Å². The van der Waals surface area contributed by atoms with Crippen LogP contribution < -0.4 is 0 Å². The molecule has 1 nitrogen and oxygen atoms in total. The van der Waals surface area contributed by atoms with Gasteiger partial charge in [-0.05, 0) is 36.7 Å². The van der Waals surface area contributed by atoms with Crippen LogP contribution in [0.5, 0.6) is 0 Å². The van der Waals surface area contributed by atoms with Crippen molar-refractivity contribution in [1.82, 2.24) is 4.31 Å². The van der Waals surface area contributed by atoms with Crippen LogP contribution in [0, 0.1) is 34.9 Å². The van der Waals surface area contributed by atoms with E-state index in [9.17, 15) is 26.3 Å². The fraction of sp³-hybridized carbons (Fsp3) is 0.143. The average molecular weight is 337 g/mol. The highest BCUT2D eigenvalue weighted by molar-refractivity contribution is 7.97. The van der Waals surface area contributed by atoms with E-state index in [0.29, 0.717) is 17.5 Å². The Hall–Kier alpha value is -1.67. The number of hydrogen-bond acceptors (Lipinski definition) is 2. The van der Waals surface area contributed by atoms with Crippen molar-refractivity contribution < 1.29 is 26.3 Å². The average Bonchev–Trinajstić information content (AvgIpc) is 2.50. The highest BCUT2D eigenvalue weighted by Gasteiger charge is 2.27. The Morgan fingerprint density at radius 2 is 1.23 bits per heavy atom. The van der Waals surface area contributed by atoms with Crippen LogP contribution in [0.4, 0.5) is 26.3 Å². The fourth-order valence-corrected chi connectivity index (χ4v) is 2.56. The molecule has 0 aliphatic rings. The molecule has 0 bridgehead atoms. The van der Waals surface area contributed by atoms with Crippen LogP contribution in [-0.2, 0) is 6.54 Å². The first kappa shape index (κ1) is 16.7. The Morgan fingerprint density at radius 3 is 1.73 bits per heavy atom. The molecule has 0 spiro atoms. The quantitative estimate of drug-likeness (QED) is 0.345. The van der Waals surface area contributed by atoms with E-state index in [0.717, 1.165) is 0 Å². The summed E-state index contributed by atoms with van der Waals surface area (Å²) in [7, 11) is 1.41. The lowest BCUT2D eigenvalue weighted by atomic mass is 10.2. The summed E-state index contributed by atoms with van der Waals surface area (Å²) in [5, 5.41) is 0. The molecule has 0 radical (unpaired) electrons. The van der Waals surface area contributed by atoms with E-state index in [1.165, 1.54) is 35.6 Å². The van der Waals surface area contributed by atoms with Crippen LogP contribution in [0.3, 0.4) is 0 Å². The van der Waals surface area contributed by atoms with Crippen molar-refractivity contribution in [1.29, 1.82) is 0 Å². The first-order valence-corrected chi connectivity index (χ1v) is 6.73. The molecule has 0 amide bonds. The van der Waals surface area contributed by atoms with Crippen LogP contribution in [-0.4, -0.2) is 11.4 Å². The molecule has 0 aliphatic carbocycles. The van der Waals surface area contributed by atoms with Gasteiger partial charge in [0.1, 0.15) is 10.7 Å². The largest absolute Gasteiger partial charge is 0.245 e. The van der Waals surface area contributed by atoms with E-state index >= 15 is 0 Å². The second-order valence-corrected chi connectivity index (χ2v) is 5.62. The number of halogens is 6. The zero-order valence-electron chi connectivity index (χ0n) is 11.1. The molecule has 0 aromatic heterocycles. The van der Waals surface area contributed by atoms with E-state index in [1.54, 1.807) is 0 Å². The van der Waals surface area contributed by atoms with Gasteiger partial charge < -0.3 is 0 Å². The predicted molar refractivity (Wildman–Crippen MR) is 70.0 cm³/mol. The molecule has 8 heteroatoms. The Kier molecular flexibility index (Phi) is 5.02. The van der Waals surface area contributed by atoms with Crippen LogP contribution in [0.1, 0.15) is 5.56 Å². The Bertz CT molecular complexity index is 660. The molecule has 0 saturated carbocycles. The van der Waals surface area contributed by atoms with Gasteiger partial charge in [-0.25, -0.2) is 30.6 Å². The van der Waals surface area contributed by atoms with Gasteiger partial charge in [0.15, 0.2) is 23.3 Å². The maximum atomic E-state index is 13.5. The van der Waals surface area contributed by atoms with Crippen molar-refractivity contribution in [2.45, 2.75) is 11.4 Å². The summed E-state index contributed by atoms with van der Waals surface area (Å²) in [6.07, 6.45) is 0. The third-order valence-corrected chi connectivity index (χ3v) is 3.72. The SMILES string of the molecule is CN(Cc1ccc(F)cc1)Sc1c(F)c(F)c(F)c(F)c1F. The Labute approximate surface area is 126 Å². The molecule has 0 fully saturated rings. The number of benzene rings is 2. The molecule has 2 aromatic rings. The Morgan fingerprint density at radius 1 is 0.773 bits per heavy atom. The third kappa shape index (κ3) is 3.38. The van der Waals surface area contributed by atoms with Gasteiger partial charge in [-0.15, -0.1) is 0 Å². The standard InChI is InChI=1S/C14H9F6NS/c1-21(6-7-2-4-8(15)5-3-7)22-14-12(19)10(17)9(16)11(18)13(14)20/h2-5H,6H2,1H3. The van der Waals surface area contributed by atoms with E-state index in [-0.39, 0.29) is 6.54 Å². The normalized spacial score (nSPS) is 11.3. The first-order valence-electron chi connectivity index (χ1n) is 5.96. The maximum Gasteiger partial charge on any atom is 0.200 e. The summed E-state index contributed by atoms with van der Waals surface area (Å²) >= 11 is 0.376. The van der Waals surface area contributed by atoms with Gasteiger partial charge in [0.25, 0.3) is 0 Å². The second-order valence-electron chi connectivity index (χ2n) is 4.40. The van der Waals surface area contributed by atoms with Crippen LogP contribution in [0.25, 0.3) is 0 Å². The number of hydrogen-bond donors (Lipinski definition) is 0. The number of nitrogens with zero attached hydrogens (tertiary/aromatic N) is 1. The maximum absolute atomic E-state index is 13.5. The van der Waals surface area contributed by atoms with Gasteiger partial charge in [0.2, 0.25) is 5.82 Å². The summed E-state index contributed by atoms with van der Waals surface area (Å²) in [5.41, 5.74) is 0.611. The van der Waals surface area contributed by atoms with Crippen molar-refractivity contribution in [3.8, 4) is 0 Å². The van der Waals surface area contributed by atoms with E-state index in [1.807, 2.05) is 0 Å². The molecule has 0 aliphatic heterocycles. The monoisotopic (exact) mass is 337 g/mol. The smallest absolute Gasteiger partial charge is 0.200 e. The van der Waals surface area contributed by atoms with E-state index < -0.39 is 39.8 Å². The van der Waals surface area contributed by atoms with Gasteiger partial charge in [-0.1, -0.05) is 12.1 Å². The first-order chi connectivity index (χ1) is 10.3. The third-order valence-electron chi connectivity index (χ3n) is 2.74. The number of rotatable bonds is 4. The molecule has 0 saturated heterocycles. The molecule has 0 unspecified atom stereocenters. The van der Waals surface area contributed by atoms with Gasteiger partial charge in [0, 0.05) is 6.54 Å². The molecule has 0 heterocycles. The van der Waals surface area contributed by atoms with Crippen molar-refractivity contribution in [3.63, 3.8) is 0 Å².